The third-order valence-corrected chi connectivity index (χ3v) is 3.13. The van der Waals surface area contributed by atoms with Gasteiger partial charge in [-0.1, -0.05) is 41.0 Å². The minimum absolute atomic E-state index is 0.242. The summed E-state index contributed by atoms with van der Waals surface area (Å²) in [6.07, 6.45) is 2.19. The van der Waals surface area contributed by atoms with Crippen LogP contribution in [0.15, 0.2) is 41.4 Å². The molecule has 2 rings (SSSR count). The Morgan fingerprint density at radius 3 is 2.89 bits per heavy atom. The smallest absolute Gasteiger partial charge is 0.229 e. The topological polar surface area (TPSA) is 59.2 Å². The van der Waals surface area contributed by atoms with Crippen molar-refractivity contribution in [2.75, 3.05) is 0 Å². The molecule has 0 saturated heterocycles. The van der Waals surface area contributed by atoms with E-state index in [-0.39, 0.29) is 6.42 Å². The number of hydrogen-bond acceptors (Lipinski definition) is 4. The van der Waals surface area contributed by atoms with E-state index in [4.69, 9.17) is 16.1 Å². The third-order valence-electron chi connectivity index (χ3n) is 2.77. The number of rotatable bonds is 5. The second kappa shape index (κ2) is 5.55. The molecule has 1 aromatic carbocycles. The summed E-state index contributed by atoms with van der Waals surface area (Å²) < 4.78 is 5.10. The van der Waals surface area contributed by atoms with Gasteiger partial charge in [0, 0.05) is 11.4 Å². The standard InChI is InChI=1S/C14H15ClN2O2/c1-3-14(2,18)9-13-16-12(17-19-13)8-10-6-4-5-7-11(10)15/h3-7,18H,1,8-9H2,2H3. The van der Waals surface area contributed by atoms with Crippen molar-refractivity contribution in [3.8, 4) is 0 Å². The molecule has 5 heteroatoms. The second-order valence-corrected chi connectivity index (χ2v) is 5.02. The van der Waals surface area contributed by atoms with E-state index < -0.39 is 5.60 Å². The zero-order chi connectivity index (χ0) is 13.9. The van der Waals surface area contributed by atoms with Gasteiger partial charge in [0.15, 0.2) is 5.82 Å². The maximum atomic E-state index is 9.85. The van der Waals surface area contributed by atoms with Crippen LogP contribution in [0.25, 0.3) is 0 Å². The first-order valence-corrected chi connectivity index (χ1v) is 6.29. The van der Waals surface area contributed by atoms with E-state index in [0.717, 1.165) is 5.56 Å². The van der Waals surface area contributed by atoms with Crippen LogP contribution in [0.5, 0.6) is 0 Å². The Hall–Kier alpha value is -1.65. The maximum Gasteiger partial charge on any atom is 0.229 e. The van der Waals surface area contributed by atoms with Crippen molar-refractivity contribution in [1.29, 1.82) is 0 Å². The van der Waals surface area contributed by atoms with Crippen LogP contribution in [0.4, 0.5) is 0 Å². The van der Waals surface area contributed by atoms with E-state index in [0.29, 0.717) is 23.2 Å². The molecule has 1 unspecified atom stereocenters. The monoisotopic (exact) mass is 278 g/mol. The number of halogens is 1. The fourth-order valence-corrected chi connectivity index (χ4v) is 1.83. The molecule has 0 aliphatic heterocycles. The van der Waals surface area contributed by atoms with E-state index in [9.17, 15) is 5.11 Å². The highest BCUT2D eigenvalue weighted by Crippen LogP contribution is 2.18. The van der Waals surface area contributed by atoms with Crippen LogP contribution >= 0.6 is 11.6 Å². The van der Waals surface area contributed by atoms with Gasteiger partial charge >= 0.3 is 0 Å². The molecular weight excluding hydrogens is 264 g/mol. The molecule has 1 heterocycles. The quantitative estimate of drug-likeness (QED) is 0.855. The Bertz CT molecular complexity index is 578. The minimum Gasteiger partial charge on any atom is -0.386 e. The molecule has 0 radical (unpaired) electrons. The highest BCUT2D eigenvalue weighted by Gasteiger charge is 2.20. The van der Waals surface area contributed by atoms with E-state index in [1.54, 1.807) is 6.92 Å². The largest absolute Gasteiger partial charge is 0.386 e. The number of nitrogens with zero attached hydrogens (tertiary/aromatic N) is 2. The normalized spacial score (nSPS) is 14.1. The summed E-state index contributed by atoms with van der Waals surface area (Å²) in [6.45, 7) is 5.19. The zero-order valence-electron chi connectivity index (χ0n) is 10.6. The molecule has 4 nitrogen and oxygen atoms in total. The Balaban J connectivity index is 2.10. The Morgan fingerprint density at radius 1 is 1.47 bits per heavy atom. The molecular formula is C14H15ClN2O2. The van der Waals surface area contributed by atoms with Crippen LogP contribution in [-0.2, 0) is 12.8 Å². The van der Waals surface area contributed by atoms with Crippen molar-refractivity contribution >= 4 is 11.6 Å². The summed E-state index contributed by atoms with van der Waals surface area (Å²) in [5.74, 6) is 0.926. The van der Waals surface area contributed by atoms with Crippen LogP contribution in [0, 0.1) is 0 Å². The summed E-state index contributed by atoms with van der Waals surface area (Å²) in [7, 11) is 0. The number of aromatic nitrogens is 2. The highest BCUT2D eigenvalue weighted by molar-refractivity contribution is 6.31. The first kappa shape index (κ1) is 13.8. The average molecular weight is 279 g/mol. The molecule has 1 aromatic heterocycles. The molecule has 0 amide bonds. The lowest BCUT2D eigenvalue weighted by molar-refractivity contribution is 0.102. The van der Waals surface area contributed by atoms with Gasteiger partial charge in [0.05, 0.1) is 12.0 Å². The second-order valence-electron chi connectivity index (χ2n) is 4.61. The van der Waals surface area contributed by atoms with E-state index >= 15 is 0 Å². The molecule has 100 valence electrons. The van der Waals surface area contributed by atoms with Gasteiger partial charge < -0.3 is 9.63 Å². The number of aliphatic hydroxyl groups is 1. The first-order valence-electron chi connectivity index (χ1n) is 5.91. The van der Waals surface area contributed by atoms with E-state index in [1.165, 1.54) is 6.08 Å². The lowest BCUT2D eigenvalue weighted by atomic mass is 10.0. The summed E-state index contributed by atoms with van der Waals surface area (Å²) in [4.78, 5) is 4.24. The van der Waals surface area contributed by atoms with Crippen LogP contribution in [0.2, 0.25) is 5.02 Å². The molecule has 0 fully saturated rings. The molecule has 2 aromatic rings. The van der Waals surface area contributed by atoms with Gasteiger partial charge in [-0.3, -0.25) is 0 Å². The van der Waals surface area contributed by atoms with Crippen LogP contribution in [0.1, 0.15) is 24.2 Å². The molecule has 0 bridgehead atoms. The van der Waals surface area contributed by atoms with Crippen molar-refractivity contribution in [3.63, 3.8) is 0 Å². The van der Waals surface area contributed by atoms with Crippen LogP contribution < -0.4 is 0 Å². The Kier molecular flexibility index (Phi) is 4.02. The van der Waals surface area contributed by atoms with Gasteiger partial charge in [0.2, 0.25) is 5.89 Å². The zero-order valence-corrected chi connectivity index (χ0v) is 11.4. The third kappa shape index (κ3) is 3.66. The van der Waals surface area contributed by atoms with Gasteiger partial charge in [0.1, 0.15) is 0 Å². The Morgan fingerprint density at radius 2 is 2.21 bits per heavy atom. The number of hydrogen-bond donors (Lipinski definition) is 1. The molecule has 0 saturated carbocycles. The number of benzene rings is 1. The molecule has 0 aliphatic carbocycles. The van der Waals surface area contributed by atoms with Gasteiger partial charge in [-0.25, -0.2) is 0 Å². The van der Waals surface area contributed by atoms with E-state index in [1.807, 2.05) is 24.3 Å². The highest BCUT2D eigenvalue weighted by atomic mass is 35.5. The van der Waals surface area contributed by atoms with Crippen LogP contribution in [-0.4, -0.2) is 20.8 Å². The summed E-state index contributed by atoms with van der Waals surface area (Å²) in [6, 6.07) is 7.51. The van der Waals surface area contributed by atoms with Crippen molar-refractivity contribution in [3.05, 3.63) is 59.2 Å². The van der Waals surface area contributed by atoms with Crippen molar-refractivity contribution in [2.24, 2.45) is 0 Å². The van der Waals surface area contributed by atoms with Crippen molar-refractivity contribution in [2.45, 2.75) is 25.4 Å². The van der Waals surface area contributed by atoms with Crippen molar-refractivity contribution in [1.82, 2.24) is 10.1 Å². The molecule has 1 N–H and O–H groups in total. The lowest BCUT2D eigenvalue weighted by Gasteiger charge is -2.14. The minimum atomic E-state index is -1.05. The van der Waals surface area contributed by atoms with Crippen molar-refractivity contribution < 1.29 is 9.63 Å². The first-order chi connectivity index (χ1) is 9.00. The average Bonchev–Trinajstić information content (AvgIpc) is 2.79. The SMILES string of the molecule is C=CC(C)(O)Cc1nc(Cc2ccccc2Cl)no1. The maximum absolute atomic E-state index is 9.85. The predicted octanol–water partition coefficient (Wildman–Crippen LogP) is 2.79. The van der Waals surface area contributed by atoms with Crippen LogP contribution in [0.3, 0.4) is 0 Å². The summed E-state index contributed by atoms with van der Waals surface area (Å²) >= 11 is 6.07. The molecule has 0 aliphatic rings. The predicted molar refractivity (Wildman–Crippen MR) is 73.1 cm³/mol. The fourth-order valence-electron chi connectivity index (χ4n) is 1.62. The molecule has 19 heavy (non-hydrogen) atoms. The van der Waals surface area contributed by atoms with E-state index in [2.05, 4.69) is 16.7 Å². The summed E-state index contributed by atoms with van der Waals surface area (Å²) in [5, 5.41) is 14.4. The van der Waals surface area contributed by atoms with Gasteiger partial charge in [-0.05, 0) is 18.6 Å². The summed E-state index contributed by atoms with van der Waals surface area (Å²) in [5.41, 5.74) is -0.110. The van der Waals surface area contributed by atoms with Gasteiger partial charge in [0.25, 0.3) is 0 Å². The van der Waals surface area contributed by atoms with Gasteiger partial charge in [-0.2, -0.15) is 4.98 Å². The van der Waals surface area contributed by atoms with Gasteiger partial charge in [-0.15, -0.1) is 6.58 Å². The lowest BCUT2D eigenvalue weighted by Crippen LogP contribution is -2.23. The molecule has 1 atom stereocenters. The Labute approximate surface area is 116 Å². The molecule has 0 spiro atoms. The fraction of sp³-hybridized carbons (Fsp3) is 0.286.